The number of aromatic carboxylic acids is 1. The molecular weight excluding hydrogens is 546 g/mol. The van der Waals surface area contributed by atoms with Gasteiger partial charge in [0.15, 0.2) is 10.3 Å². The lowest BCUT2D eigenvalue weighted by Crippen LogP contribution is -2.33. The first-order valence-electron chi connectivity index (χ1n) is 13.7. The van der Waals surface area contributed by atoms with E-state index in [0.29, 0.717) is 35.4 Å². The number of carboxylic acid groups (broad SMARTS) is 1. The Bertz CT molecular complexity index is 1320. The molecule has 0 aliphatic carbocycles. The number of thioether (sulfide) groups is 1. The molecule has 1 atom stereocenters. The van der Waals surface area contributed by atoms with Crippen molar-refractivity contribution in [2.75, 3.05) is 5.75 Å². The molecule has 1 heterocycles. The molecule has 214 valence electrons. The Morgan fingerprint density at radius 2 is 1.80 bits per heavy atom. The summed E-state index contributed by atoms with van der Waals surface area (Å²) in [5, 5.41) is 13.0. The number of carbonyl (C=O) groups is 3. The Kier molecular flexibility index (Phi) is 11.8. The number of hydrogen-bond acceptors (Lipinski definition) is 5. The minimum Gasteiger partial charge on any atom is -0.478 e. The number of nitrogens with zero attached hydrogens (tertiary/aromatic N) is 2. The molecular formula is C31H38ClN3O4S. The first-order chi connectivity index (χ1) is 19.1. The van der Waals surface area contributed by atoms with Gasteiger partial charge in [-0.2, -0.15) is 0 Å². The Labute approximate surface area is 245 Å². The molecule has 2 aromatic carbocycles. The van der Waals surface area contributed by atoms with E-state index in [9.17, 15) is 19.5 Å². The van der Waals surface area contributed by atoms with Crippen LogP contribution in [0.25, 0.3) is 11.1 Å². The zero-order chi connectivity index (χ0) is 29.2. The number of halogens is 1. The van der Waals surface area contributed by atoms with E-state index < -0.39 is 5.97 Å². The monoisotopic (exact) mass is 583 g/mol. The zero-order valence-electron chi connectivity index (χ0n) is 23.6. The molecule has 0 radical (unpaired) electrons. The van der Waals surface area contributed by atoms with Gasteiger partial charge in [0.2, 0.25) is 5.91 Å². The molecule has 0 saturated carbocycles. The van der Waals surface area contributed by atoms with E-state index in [0.717, 1.165) is 41.9 Å². The van der Waals surface area contributed by atoms with Crippen molar-refractivity contribution in [1.29, 1.82) is 0 Å². The van der Waals surface area contributed by atoms with Gasteiger partial charge in [0, 0.05) is 31.6 Å². The van der Waals surface area contributed by atoms with Crippen LogP contribution < -0.4 is 5.32 Å². The largest absolute Gasteiger partial charge is 0.478 e. The molecule has 1 unspecified atom stereocenters. The minimum atomic E-state index is -0.962. The Morgan fingerprint density at radius 3 is 2.42 bits per heavy atom. The fraction of sp³-hybridized carbons (Fsp3) is 0.419. The molecule has 0 saturated heterocycles. The van der Waals surface area contributed by atoms with E-state index in [1.165, 1.54) is 18.7 Å². The third-order valence-corrected chi connectivity index (χ3v) is 7.94. The number of aromatic nitrogens is 2. The van der Waals surface area contributed by atoms with E-state index in [-0.39, 0.29) is 29.0 Å². The molecule has 0 spiro atoms. The molecule has 2 N–H and O–H groups in total. The SMILES string of the molecule is CCCCc1nc(Cl)c(CNC(=O)C(CSC(C)=O)CC(C)C)n1Cc1ccc(-c2ccccc2C(=O)O)cc1. The number of aryl methyl sites for hydroxylation is 1. The topological polar surface area (TPSA) is 101 Å². The summed E-state index contributed by atoms with van der Waals surface area (Å²) in [6, 6.07) is 14.8. The third kappa shape index (κ3) is 8.70. The molecule has 0 aliphatic rings. The molecule has 1 amide bonds. The predicted molar refractivity (Wildman–Crippen MR) is 162 cm³/mol. The summed E-state index contributed by atoms with van der Waals surface area (Å²) in [5.41, 5.74) is 3.49. The lowest BCUT2D eigenvalue weighted by atomic mass is 9.98. The lowest BCUT2D eigenvalue weighted by Gasteiger charge is -2.19. The summed E-state index contributed by atoms with van der Waals surface area (Å²) in [6.07, 6.45) is 3.43. The van der Waals surface area contributed by atoms with Crippen LogP contribution in [0.2, 0.25) is 5.15 Å². The molecule has 0 fully saturated rings. The van der Waals surface area contributed by atoms with E-state index >= 15 is 0 Å². The smallest absolute Gasteiger partial charge is 0.336 e. The van der Waals surface area contributed by atoms with Gasteiger partial charge in [0.1, 0.15) is 5.82 Å². The van der Waals surface area contributed by atoms with Gasteiger partial charge in [0.25, 0.3) is 0 Å². The number of unbranched alkanes of at least 4 members (excludes halogenated alkanes) is 1. The number of carboxylic acids is 1. The molecule has 3 aromatic rings. The maximum absolute atomic E-state index is 13.1. The van der Waals surface area contributed by atoms with Gasteiger partial charge in [-0.3, -0.25) is 9.59 Å². The van der Waals surface area contributed by atoms with Gasteiger partial charge < -0.3 is 15.0 Å². The van der Waals surface area contributed by atoms with Gasteiger partial charge in [-0.25, -0.2) is 9.78 Å². The number of benzene rings is 2. The van der Waals surface area contributed by atoms with Gasteiger partial charge >= 0.3 is 5.97 Å². The van der Waals surface area contributed by atoms with Crippen LogP contribution in [-0.2, 0) is 29.1 Å². The fourth-order valence-corrected chi connectivity index (χ4v) is 5.62. The average molecular weight is 584 g/mol. The molecule has 1 aromatic heterocycles. The van der Waals surface area contributed by atoms with Crippen LogP contribution in [0, 0.1) is 11.8 Å². The highest BCUT2D eigenvalue weighted by Gasteiger charge is 2.23. The van der Waals surface area contributed by atoms with Crippen LogP contribution in [0.4, 0.5) is 0 Å². The van der Waals surface area contributed by atoms with Crippen LogP contribution in [0.3, 0.4) is 0 Å². The highest BCUT2D eigenvalue weighted by molar-refractivity contribution is 8.13. The lowest BCUT2D eigenvalue weighted by molar-refractivity contribution is -0.125. The molecule has 7 nitrogen and oxygen atoms in total. The quantitative estimate of drug-likeness (QED) is 0.215. The first kappa shape index (κ1) is 31.4. The second-order valence-corrected chi connectivity index (χ2v) is 11.9. The summed E-state index contributed by atoms with van der Waals surface area (Å²) in [6.45, 7) is 8.52. The van der Waals surface area contributed by atoms with Crippen LogP contribution in [0.15, 0.2) is 48.5 Å². The first-order valence-corrected chi connectivity index (χ1v) is 15.0. The van der Waals surface area contributed by atoms with Crippen molar-refractivity contribution in [2.24, 2.45) is 11.8 Å². The van der Waals surface area contributed by atoms with Crippen LogP contribution in [-0.4, -0.2) is 37.4 Å². The van der Waals surface area contributed by atoms with Crippen LogP contribution >= 0.6 is 23.4 Å². The Morgan fingerprint density at radius 1 is 1.10 bits per heavy atom. The highest BCUT2D eigenvalue weighted by atomic mass is 35.5. The predicted octanol–water partition coefficient (Wildman–Crippen LogP) is 6.85. The van der Waals surface area contributed by atoms with Gasteiger partial charge in [-0.15, -0.1) is 0 Å². The summed E-state index contributed by atoms with van der Waals surface area (Å²) in [7, 11) is 0. The number of nitrogens with one attached hydrogen (secondary N) is 1. The Balaban J connectivity index is 1.83. The van der Waals surface area contributed by atoms with E-state index in [1.807, 2.05) is 30.3 Å². The number of imidazole rings is 1. The van der Waals surface area contributed by atoms with E-state index in [4.69, 9.17) is 11.6 Å². The molecule has 0 bridgehead atoms. The number of rotatable bonds is 14. The van der Waals surface area contributed by atoms with E-state index in [2.05, 4.69) is 35.6 Å². The van der Waals surface area contributed by atoms with Gasteiger partial charge in [-0.05, 0) is 41.5 Å². The van der Waals surface area contributed by atoms with Gasteiger partial charge in [0.05, 0.1) is 17.8 Å². The summed E-state index contributed by atoms with van der Waals surface area (Å²) in [5.74, 6) is 0.305. The highest BCUT2D eigenvalue weighted by Crippen LogP contribution is 2.26. The molecule has 3 rings (SSSR count). The van der Waals surface area contributed by atoms with Crippen molar-refractivity contribution in [3.8, 4) is 11.1 Å². The normalized spacial score (nSPS) is 11.9. The van der Waals surface area contributed by atoms with Crippen molar-refractivity contribution in [3.63, 3.8) is 0 Å². The summed E-state index contributed by atoms with van der Waals surface area (Å²) in [4.78, 5) is 40.9. The fourth-order valence-electron chi connectivity index (χ4n) is 4.63. The van der Waals surface area contributed by atoms with Crippen LogP contribution in [0.1, 0.15) is 74.4 Å². The van der Waals surface area contributed by atoms with Gasteiger partial charge in [-0.1, -0.05) is 93.0 Å². The van der Waals surface area contributed by atoms with Crippen LogP contribution in [0.5, 0.6) is 0 Å². The van der Waals surface area contributed by atoms with Crippen molar-refractivity contribution in [1.82, 2.24) is 14.9 Å². The average Bonchev–Trinajstić information content (AvgIpc) is 3.21. The number of hydrogen-bond donors (Lipinski definition) is 2. The zero-order valence-corrected chi connectivity index (χ0v) is 25.1. The third-order valence-electron chi connectivity index (χ3n) is 6.66. The maximum atomic E-state index is 13.1. The van der Waals surface area contributed by atoms with Crippen molar-refractivity contribution >= 4 is 40.4 Å². The number of amides is 1. The molecule has 40 heavy (non-hydrogen) atoms. The minimum absolute atomic E-state index is 0.000657. The summed E-state index contributed by atoms with van der Waals surface area (Å²) >= 11 is 7.79. The second-order valence-electron chi connectivity index (χ2n) is 10.3. The number of carbonyl (C=O) groups excluding carboxylic acids is 2. The van der Waals surface area contributed by atoms with Crippen molar-refractivity contribution < 1.29 is 19.5 Å². The molecule has 0 aliphatic heterocycles. The maximum Gasteiger partial charge on any atom is 0.336 e. The summed E-state index contributed by atoms with van der Waals surface area (Å²) < 4.78 is 2.07. The van der Waals surface area contributed by atoms with Crippen molar-refractivity contribution in [3.05, 3.63) is 76.3 Å². The second kappa shape index (κ2) is 15.1. The standard InChI is InChI=1S/C31H38ClN3O4S/c1-5-6-11-28-34-29(32)27(17-33-30(37)24(16-20(2)3)19-40-21(4)36)35(28)18-22-12-14-23(15-13-22)25-9-7-8-10-26(25)31(38)39/h7-10,12-15,20,24H,5-6,11,16-19H2,1-4H3,(H,33,37)(H,38,39). The van der Waals surface area contributed by atoms with Crippen molar-refractivity contribution in [2.45, 2.75) is 66.5 Å². The van der Waals surface area contributed by atoms with E-state index in [1.54, 1.807) is 18.2 Å². The Hall–Kier alpha value is -3.10. The molecule has 9 heteroatoms.